The quantitative estimate of drug-likeness (QED) is 0.851. The number of aliphatic hydroxyl groups is 1. The van der Waals surface area contributed by atoms with Crippen LogP contribution in [0.2, 0.25) is 0 Å². The molecule has 29 heavy (non-hydrogen) atoms. The predicted octanol–water partition coefficient (Wildman–Crippen LogP) is 2.88. The maximum absolute atomic E-state index is 13.4. The van der Waals surface area contributed by atoms with Crippen molar-refractivity contribution in [2.45, 2.75) is 31.7 Å². The molecule has 2 aromatic rings. The van der Waals surface area contributed by atoms with Gasteiger partial charge in [0.1, 0.15) is 23.5 Å². The molecular formula is C20H19F3N4O2. The van der Waals surface area contributed by atoms with Crippen LogP contribution >= 0.6 is 0 Å². The number of aliphatic hydroxyl groups excluding tert-OH is 1. The van der Waals surface area contributed by atoms with Crippen molar-refractivity contribution in [2.24, 2.45) is 0 Å². The number of anilines is 2. The van der Waals surface area contributed by atoms with E-state index in [1.54, 1.807) is 43.4 Å². The van der Waals surface area contributed by atoms with Crippen LogP contribution in [0.15, 0.2) is 36.4 Å². The number of rotatable bonds is 3. The number of pyridine rings is 1. The zero-order valence-corrected chi connectivity index (χ0v) is 15.8. The highest BCUT2D eigenvalue weighted by atomic mass is 19.4. The molecule has 1 aliphatic heterocycles. The van der Waals surface area contributed by atoms with Gasteiger partial charge < -0.3 is 14.9 Å². The van der Waals surface area contributed by atoms with Crippen LogP contribution in [0, 0.1) is 18.3 Å². The Hall–Kier alpha value is -3.12. The minimum Gasteiger partial charge on any atom is -0.391 e. The summed E-state index contributed by atoms with van der Waals surface area (Å²) < 4.78 is 40.3. The van der Waals surface area contributed by atoms with Gasteiger partial charge in [-0.1, -0.05) is 18.2 Å². The average Bonchev–Trinajstić information content (AvgIpc) is 3.07. The van der Waals surface area contributed by atoms with Gasteiger partial charge in [-0.05, 0) is 25.1 Å². The van der Waals surface area contributed by atoms with Crippen LogP contribution in [-0.2, 0) is 11.0 Å². The normalized spacial score (nSPS) is 19.1. The van der Waals surface area contributed by atoms with Crippen molar-refractivity contribution in [1.29, 1.82) is 5.26 Å². The van der Waals surface area contributed by atoms with Gasteiger partial charge in [-0.3, -0.25) is 4.79 Å². The van der Waals surface area contributed by atoms with Gasteiger partial charge in [-0.15, -0.1) is 0 Å². The second kappa shape index (κ2) is 7.72. The summed E-state index contributed by atoms with van der Waals surface area (Å²) in [5, 5.41) is 19.6. The van der Waals surface area contributed by atoms with Gasteiger partial charge in [-0.25, -0.2) is 4.98 Å². The highest BCUT2D eigenvalue weighted by Crippen LogP contribution is 2.38. The number of carbonyl (C=O) groups excluding carboxylic acids is 1. The molecule has 152 valence electrons. The molecule has 0 spiro atoms. The zero-order chi connectivity index (χ0) is 21.3. The van der Waals surface area contributed by atoms with E-state index in [4.69, 9.17) is 0 Å². The van der Waals surface area contributed by atoms with Crippen molar-refractivity contribution in [3.8, 4) is 6.07 Å². The first kappa shape index (κ1) is 20.6. The molecule has 0 radical (unpaired) electrons. The molecule has 1 fully saturated rings. The largest absolute Gasteiger partial charge is 0.417 e. The first-order valence-electron chi connectivity index (χ1n) is 8.89. The lowest BCUT2D eigenvalue weighted by Gasteiger charge is -2.30. The fraction of sp³-hybridized carbons (Fsp3) is 0.350. The fourth-order valence-corrected chi connectivity index (χ4v) is 3.48. The molecule has 1 aliphatic rings. The third-order valence-corrected chi connectivity index (χ3v) is 4.86. The van der Waals surface area contributed by atoms with Gasteiger partial charge in [0.2, 0.25) is 5.91 Å². The van der Waals surface area contributed by atoms with Crippen molar-refractivity contribution in [1.82, 2.24) is 4.98 Å². The molecule has 3 rings (SSSR count). The number of carbonyl (C=O) groups is 1. The minimum atomic E-state index is -4.74. The molecular weight excluding hydrogens is 385 g/mol. The summed E-state index contributed by atoms with van der Waals surface area (Å²) in [5.74, 6) is -0.648. The van der Waals surface area contributed by atoms with Crippen molar-refractivity contribution >= 4 is 17.4 Å². The molecule has 2 heterocycles. The smallest absolute Gasteiger partial charge is 0.391 e. The standard InChI is InChI=1S/C20H19F3N4O2/c1-12-8-16(20(21,22)23)15(10-24)18(25-12)27-11-14(28)9-17(27)19(29)26(2)13-6-4-3-5-7-13/h3-8,14,17,28H,9,11H2,1-2H3/t14-,17-/m0/s1. The van der Waals surface area contributed by atoms with Crippen LogP contribution in [0.1, 0.15) is 23.2 Å². The molecule has 1 N–H and O–H groups in total. The number of alkyl halides is 3. The monoisotopic (exact) mass is 404 g/mol. The van der Waals surface area contributed by atoms with E-state index in [9.17, 15) is 28.3 Å². The molecule has 0 saturated carbocycles. The van der Waals surface area contributed by atoms with Gasteiger partial charge in [0.25, 0.3) is 0 Å². The van der Waals surface area contributed by atoms with E-state index < -0.39 is 35.4 Å². The predicted molar refractivity (Wildman–Crippen MR) is 100 cm³/mol. The van der Waals surface area contributed by atoms with Crippen LogP contribution in [0.25, 0.3) is 0 Å². The van der Waals surface area contributed by atoms with Crippen molar-refractivity contribution in [2.75, 3.05) is 23.4 Å². The third kappa shape index (κ3) is 4.03. The Morgan fingerprint density at radius 1 is 1.34 bits per heavy atom. The minimum absolute atomic E-state index is 0.0256. The number of hydrogen-bond donors (Lipinski definition) is 1. The van der Waals surface area contributed by atoms with E-state index >= 15 is 0 Å². The van der Waals surface area contributed by atoms with E-state index in [2.05, 4.69) is 4.98 Å². The molecule has 0 aliphatic carbocycles. The van der Waals surface area contributed by atoms with Crippen LogP contribution in [-0.4, -0.2) is 41.7 Å². The van der Waals surface area contributed by atoms with Gasteiger partial charge in [-0.2, -0.15) is 18.4 Å². The number of likely N-dealkylation sites (N-methyl/N-ethyl adjacent to an activating group) is 1. The summed E-state index contributed by atoms with van der Waals surface area (Å²) in [6.45, 7) is 1.29. The van der Waals surface area contributed by atoms with E-state index in [0.29, 0.717) is 5.69 Å². The lowest BCUT2D eigenvalue weighted by molar-refractivity contribution is -0.137. The molecule has 1 aromatic carbocycles. The second-order valence-corrected chi connectivity index (χ2v) is 6.91. The molecule has 9 heteroatoms. The van der Waals surface area contributed by atoms with Crippen LogP contribution < -0.4 is 9.80 Å². The van der Waals surface area contributed by atoms with Crippen LogP contribution in [0.3, 0.4) is 0 Å². The molecule has 1 amide bonds. The number of nitriles is 1. The number of aromatic nitrogens is 1. The maximum atomic E-state index is 13.4. The van der Waals surface area contributed by atoms with Crippen molar-refractivity contribution in [3.05, 3.63) is 53.2 Å². The van der Waals surface area contributed by atoms with Crippen LogP contribution in [0.4, 0.5) is 24.7 Å². The van der Waals surface area contributed by atoms with E-state index in [-0.39, 0.29) is 24.5 Å². The number of aryl methyl sites for hydroxylation is 1. The molecule has 6 nitrogen and oxygen atoms in total. The molecule has 1 aromatic heterocycles. The Labute approximate surface area is 165 Å². The fourth-order valence-electron chi connectivity index (χ4n) is 3.48. The highest BCUT2D eigenvalue weighted by Gasteiger charge is 2.42. The van der Waals surface area contributed by atoms with Gasteiger partial charge in [0.05, 0.1) is 11.7 Å². The summed E-state index contributed by atoms with van der Waals surface area (Å²) in [5.41, 5.74) is -1.09. The van der Waals surface area contributed by atoms with Gasteiger partial charge in [0, 0.05) is 31.4 Å². The summed E-state index contributed by atoms with van der Waals surface area (Å²) in [7, 11) is 1.55. The summed E-state index contributed by atoms with van der Waals surface area (Å²) in [4.78, 5) is 19.9. The summed E-state index contributed by atoms with van der Waals surface area (Å²) in [6, 6.07) is 10.2. The Balaban J connectivity index is 2.05. The lowest BCUT2D eigenvalue weighted by atomic mass is 10.1. The number of halogens is 3. The zero-order valence-electron chi connectivity index (χ0n) is 15.8. The Kier molecular flexibility index (Phi) is 5.48. The second-order valence-electron chi connectivity index (χ2n) is 6.91. The molecule has 2 atom stereocenters. The number of β-amino-alcohol motifs (C(OH)–C–C–N with tert-alkyl or cyclic N) is 1. The SMILES string of the molecule is Cc1cc(C(F)(F)F)c(C#N)c(N2C[C@@H](O)C[C@H]2C(=O)N(C)c2ccccc2)n1. The van der Waals surface area contributed by atoms with E-state index in [1.807, 2.05) is 0 Å². The van der Waals surface area contributed by atoms with Crippen LogP contribution in [0.5, 0.6) is 0 Å². The number of benzene rings is 1. The number of hydrogen-bond acceptors (Lipinski definition) is 5. The molecule has 1 saturated heterocycles. The first-order chi connectivity index (χ1) is 13.6. The van der Waals surface area contributed by atoms with E-state index in [0.717, 1.165) is 6.07 Å². The summed E-state index contributed by atoms with van der Waals surface area (Å²) >= 11 is 0. The average molecular weight is 404 g/mol. The van der Waals surface area contributed by atoms with Gasteiger partial charge >= 0.3 is 6.18 Å². The number of amides is 1. The third-order valence-electron chi connectivity index (χ3n) is 4.86. The Morgan fingerprint density at radius 3 is 2.59 bits per heavy atom. The van der Waals surface area contributed by atoms with Gasteiger partial charge in [0.15, 0.2) is 0 Å². The number of nitrogens with zero attached hydrogens (tertiary/aromatic N) is 4. The van der Waals surface area contributed by atoms with Crippen molar-refractivity contribution < 1.29 is 23.1 Å². The van der Waals surface area contributed by atoms with E-state index in [1.165, 1.54) is 16.7 Å². The maximum Gasteiger partial charge on any atom is 0.417 e. The summed E-state index contributed by atoms with van der Waals surface area (Å²) in [6.07, 6.45) is -5.65. The molecule has 0 bridgehead atoms. The topological polar surface area (TPSA) is 80.5 Å². The highest BCUT2D eigenvalue weighted by molar-refractivity contribution is 5.99. The Morgan fingerprint density at radius 2 is 2.00 bits per heavy atom. The van der Waals surface area contributed by atoms with Crippen molar-refractivity contribution in [3.63, 3.8) is 0 Å². The lowest BCUT2D eigenvalue weighted by Crippen LogP contribution is -2.45. The molecule has 0 unspecified atom stereocenters. The Bertz CT molecular complexity index is 957. The number of para-hydroxylation sites is 1. The first-order valence-corrected chi connectivity index (χ1v) is 8.89.